The molecule has 0 radical (unpaired) electrons. The van der Waals surface area contributed by atoms with Crippen molar-refractivity contribution in [2.75, 3.05) is 4.90 Å². The first-order valence-electron chi connectivity index (χ1n) is 8.79. The molecule has 6 heteroatoms. The van der Waals surface area contributed by atoms with Crippen LogP contribution in [0.4, 0.5) is 10.1 Å². The number of aryl methyl sites for hydroxylation is 2. The molecular formula is C22H17FN2O2S. The lowest BCUT2D eigenvalue weighted by atomic mass is 10.1. The highest BCUT2D eigenvalue weighted by atomic mass is 32.2. The maximum absolute atomic E-state index is 13.9. The summed E-state index contributed by atoms with van der Waals surface area (Å²) in [5.41, 5.74) is 3.20. The Morgan fingerprint density at radius 3 is 2.46 bits per heavy atom. The van der Waals surface area contributed by atoms with Gasteiger partial charge in [-0.05, 0) is 43.2 Å². The third-order valence-corrected chi connectivity index (χ3v) is 5.67. The van der Waals surface area contributed by atoms with E-state index in [1.165, 1.54) is 22.7 Å². The third kappa shape index (κ3) is 3.10. The molecule has 140 valence electrons. The van der Waals surface area contributed by atoms with Crippen LogP contribution >= 0.6 is 11.8 Å². The normalized spacial score (nSPS) is 13.2. The van der Waals surface area contributed by atoms with Gasteiger partial charge in [-0.3, -0.25) is 9.59 Å². The number of carbonyl (C=O) groups excluding carboxylic acids is 2. The number of rotatable bonds is 4. The Hall–Kier alpha value is -2.99. The molecule has 0 saturated heterocycles. The van der Waals surface area contributed by atoms with Crippen molar-refractivity contribution in [2.24, 2.45) is 0 Å². The molecule has 0 spiro atoms. The zero-order valence-electron chi connectivity index (χ0n) is 15.4. The van der Waals surface area contributed by atoms with Crippen LogP contribution < -0.4 is 4.90 Å². The van der Waals surface area contributed by atoms with Crippen molar-refractivity contribution < 1.29 is 14.0 Å². The predicted octanol–water partition coefficient (Wildman–Crippen LogP) is 4.93. The minimum Gasteiger partial charge on any atom is -0.268 e. The third-order valence-electron chi connectivity index (χ3n) is 4.64. The first kappa shape index (κ1) is 18.4. The van der Waals surface area contributed by atoms with Gasteiger partial charge in [-0.25, -0.2) is 14.3 Å². The van der Waals surface area contributed by atoms with Gasteiger partial charge in [0.15, 0.2) is 0 Å². The molecule has 2 heterocycles. The van der Waals surface area contributed by atoms with Crippen molar-refractivity contribution in [3.63, 3.8) is 0 Å². The topological polar surface area (TPSA) is 50.3 Å². The summed E-state index contributed by atoms with van der Waals surface area (Å²) in [6.45, 7) is 3.64. The summed E-state index contributed by atoms with van der Waals surface area (Å²) in [4.78, 5) is 31.8. The van der Waals surface area contributed by atoms with E-state index >= 15 is 0 Å². The van der Waals surface area contributed by atoms with Crippen molar-refractivity contribution in [3.05, 3.63) is 88.4 Å². The summed E-state index contributed by atoms with van der Waals surface area (Å²) in [7, 11) is 0. The van der Waals surface area contributed by atoms with Gasteiger partial charge in [-0.1, -0.05) is 36.4 Å². The quantitative estimate of drug-likeness (QED) is 0.467. The molecule has 28 heavy (non-hydrogen) atoms. The van der Waals surface area contributed by atoms with Gasteiger partial charge >= 0.3 is 0 Å². The van der Waals surface area contributed by atoms with Gasteiger partial charge in [0.25, 0.3) is 11.8 Å². The average molecular weight is 392 g/mol. The van der Waals surface area contributed by atoms with Crippen LogP contribution in [0.2, 0.25) is 0 Å². The van der Waals surface area contributed by atoms with E-state index in [-0.39, 0.29) is 11.7 Å². The van der Waals surface area contributed by atoms with Crippen LogP contribution in [0.1, 0.15) is 37.5 Å². The average Bonchev–Trinajstić information content (AvgIpc) is 2.92. The summed E-state index contributed by atoms with van der Waals surface area (Å²) in [6, 6.07) is 15.4. The number of para-hydroxylation sites is 1. The van der Waals surface area contributed by atoms with E-state index < -0.39 is 5.91 Å². The fraction of sp³-hybridized carbons (Fsp3) is 0.136. The van der Waals surface area contributed by atoms with Crippen LogP contribution in [0, 0.1) is 19.7 Å². The zero-order chi connectivity index (χ0) is 19.8. The number of amides is 2. The molecule has 0 atom stereocenters. The highest BCUT2D eigenvalue weighted by Crippen LogP contribution is 2.36. The fourth-order valence-electron chi connectivity index (χ4n) is 3.24. The number of nitrogens with zero attached hydrogens (tertiary/aromatic N) is 2. The van der Waals surface area contributed by atoms with Crippen LogP contribution in [0.5, 0.6) is 0 Å². The van der Waals surface area contributed by atoms with Gasteiger partial charge in [-0.2, -0.15) is 0 Å². The number of hydrogen-bond donors (Lipinski definition) is 0. The molecule has 0 aliphatic carbocycles. The zero-order valence-corrected chi connectivity index (χ0v) is 16.2. The lowest BCUT2D eigenvalue weighted by Crippen LogP contribution is -2.30. The Balaban J connectivity index is 1.73. The van der Waals surface area contributed by atoms with Gasteiger partial charge in [-0.15, -0.1) is 11.8 Å². The summed E-state index contributed by atoms with van der Waals surface area (Å²) < 4.78 is 13.9. The Morgan fingerprint density at radius 1 is 1.00 bits per heavy atom. The largest absolute Gasteiger partial charge is 0.268 e. The van der Waals surface area contributed by atoms with E-state index in [0.717, 1.165) is 5.56 Å². The van der Waals surface area contributed by atoms with Crippen molar-refractivity contribution in [2.45, 2.75) is 24.6 Å². The lowest BCUT2D eigenvalue weighted by Gasteiger charge is -2.16. The molecule has 2 amide bonds. The highest BCUT2D eigenvalue weighted by Gasteiger charge is 2.40. The van der Waals surface area contributed by atoms with E-state index in [1.807, 2.05) is 19.1 Å². The van der Waals surface area contributed by atoms with Gasteiger partial charge in [0, 0.05) is 11.4 Å². The van der Waals surface area contributed by atoms with Crippen LogP contribution in [0.3, 0.4) is 0 Å². The van der Waals surface area contributed by atoms with Crippen LogP contribution in [0.15, 0.2) is 59.6 Å². The summed E-state index contributed by atoms with van der Waals surface area (Å²) >= 11 is 1.26. The second-order valence-electron chi connectivity index (χ2n) is 6.60. The maximum atomic E-state index is 13.9. The van der Waals surface area contributed by atoms with Crippen molar-refractivity contribution in [1.82, 2.24) is 4.98 Å². The molecule has 4 nitrogen and oxygen atoms in total. The standard InChI is InChI=1S/C22H17FN2O2S/c1-13-7-3-6-10-18(13)25-21(26)16-11-14(2)24-20(19(16)22(25)27)28-12-15-8-4-5-9-17(15)23/h3-11H,12H2,1-2H3. The maximum Gasteiger partial charge on any atom is 0.268 e. The molecule has 1 aromatic heterocycles. The number of hydrogen-bond acceptors (Lipinski definition) is 4. The molecule has 3 aromatic rings. The first-order valence-corrected chi connectivity index (χ1v) is 9.78. The summed E-state index contributed by atoms with van der Waals surface area (Å²) in [5.74, 6) is -0.727. The van der Waals surface area contributed by atoms with Crippen LogP contribution in [0.25, 0.3) is 0 Å². The van der Waals surface area contributed by atoms with Gasteiger partial charge in [0.1, 0.15) is 10.8 Å². The van der Waals surface area contributed by atoms with Gasteiger partial charge in [0.05, 0.1) is 16.8 Å². The predicted molar refractivity (Wildman–Crippen MR) is 107 cm³/mol. The van der Waals surface area contributed by atoms with E-state index in [1.54, 1.807) is 43.3 Å². The Morgan fingerprint density at radius 2 is 1.71 bits per heavy atom. The molecule has 0 N–H and O–H groups in total. The van der Waals surface area contributed by atoms with Gasteiger partial charge < -0.3 is 0 Å². The molecule has 0 saturated carbocycles. The SMILES string of the molecule is Cc1cc2c(c(SCc3ccccc3F)n1)C(=O)N(c1ccccc1C)C2=O. The molecule has 2 aromatic carbocycles. The van der Waals surface area contributed by atoms with Gasteiger partial charge in [0.2, 0.25) is 0 Å². The van der Waals surface area contributed by atoms with Crippen LogP contribution in [-0.4, -0.2) is 16.8 Å². The number of thioether (sulfide) groups is 1. The molecule has 0 bridgehead atoms. The highest BCUT2D eigenvalue weighted by molar-refractivity contribution is 7.98. The summed E-state index contributed by atoms with van der Waals surface area (Å²) in [6.07, 6.45) is 0. The number of benzene rings is 2. The molecule has 4 rings (SSSR count). The number of anilines is 1. The molecule has 1 aliphatic rings. The number of pyridine rings is 1. The van der Waals surface area contributed by atoms with Crippen molar-refractivity contribution in [3.8, 4) is 0 Å². The minimum atomic E-state index is -0.391. The molecular weight excluding hydrogens is 375 g/mol. The molecule has 1 aliphatic heterocycles. The Labute approximate surface area is 166 Å². The lowest BCUT2D eigenvalue weighted by molar-refractivity contribution is 0.0925. The van der Waals surface area contributed by atoms with Crippen LogP contribution in [-0.2, 0) is 5.75 Å². The van der Waals surface area contributed by atoms with E-state index in [9.17, 15) is 14.0 Å². The monoisotopic (exact) mass is 392 g/mol. The number of halogens is 1. The molecule has 0 unspecified atom stereocenters. The number of fused-ring (bicyclic) bond motifs is 1. The first-order chi connectivity index (χ1) is 13.5. The van der Waals surface area contributed by atoms with E-state index in [2.05, 4.69) is 4.98 Å². The molecule has 0 fully saturated rings. The number of imide groups is 1. The minimum absolute atomic E-state index is 0.292. The van der Waals surface area contributed by atoms with Crippen molar-refractivity contribution >= 4 is 29.3 Å². The van der Waals surface area contributed by atoms with E-state index in [4.69, 9.17) is 0 Å². The smallest absolute Gasteiger partial charge is 0.268 e. The summed E-state index contributed by atoms with van der Waals surface area (Å²) in [5, 5.41) is 0.452. The number of aromatic nitrogens is 1. The van der Waals surface area contributed by atoms with E-state index in [0.29, 0.717) is 38.9 Å². The second-order valence-corrected chi connectivity index (χ2v) is 7.57. The fourth-order valence-corrected chi connectivity index (χ4v) is 4.32. The Bertz CT molecular complexity index is 1110. The second kappa shape index (κ2) is 7.20. The van der Waals surface area contributed by atoms with Crippen molar-refractivity contribution in [1.29, 1.82) is 0 Å². The Kier molecular flexibility index (Phi) is 4.73. The number of carbonyl (C=O) groups is 2.